The molecule has 0 spiro atoms. The Balaban J connectivity index is 3.06. The molecule has 0 radical (unpaired) electrons. The van der Waals surface area contributed by atoms with Crippen molar-refractivity contribution >= 4 is 11.5 Å². The quantitative estimate of drug-likeness (QED) is 0.358. The minimum atomic E-state index is -0.628. The van der Waals surface area contributed by atoms with Gasteiger partial charge in [-0.05, 0) is 30.7 Å². The first kappa shape index (κ1) is 12.6. The van der Waals surface area contributed by atoms with Crippen LogP contribution < -0.4 is 0 Å². The average molecular weight is 233 g/mol. The van der Waals surface area contributed by atoms with Crippen molar-refractivity contribution in [1.29, 1.82) is 5.26 Å². The molecule has 0 saturated carbocycles. The first-order valence-corrected chi connectivity index (χ1v) is 4.89. The lowest BCUT2D eigenvalue weighted by atomic mass is 10.1. The molecule has 5 nitrogen and oxygen atoms in total. The summed E-state index contributed by atoms with van der Waals surface area (Å²) in [4.78, 5) is 11.2. The molecular formula is C12H11NO4. The van der Waals surface area contributed by atoms with Crippen LogP contribution >= 0.6 is 0 Å². The summed E-state index contributed by atoms with van der Waals surface area (Å²) < 4.78 is 4.67. The second kappa shape index (κ2) is 5.56. The number of ether oxygens (including phenoxy) is 1. The summed E-state index contributed by atoms with van der Waals surface area (Å²) in [5.74, 6) is -1.27. The van der Waals surface area contributed by atoms with E-state index < -0.39 is 5.97 Å². The van der Waals surface area contributed by atoms with Gasteiger partial charge in [-0.25, -0.2) is 4.79 Å². The number of rotatable bonds is 3. The highest BCUT2D eigenvalue weighted by molar-refractivity contribution is 5.95. The van der Waals surface area contributed by atoms with Crippen LogP contribution in [-0.2, 0) is 9.53 Å². The van der Waals surface area contributed by atoms with Gasteiger partial charge in [0.2, 0.25) is 0 Å². The number of aromatic hydroxyl groups is 2. The van der Waals surface area contributed by atoms with Crippen molar-refractivity contribution in [3.63, 3.8) is 0 Å². The largest absolute Gasteiger partial charge is 0.504 e. The maximum atomic E-state index is 11.2. The number of hydrogen-bond donors (Lipinski definition) is 2. The van der Waals surface area contributed by atoms with Crippen LogP contribution in [0.4, 0.5) is 0 Å². The number of carbonyl (C=O) groups is 1. The summed E-state index contributed by atoms with van der Waals surface area (Å²) in [6.45, 7) is 1.87. The number of phenols is 2. The van der Waals surface area contributed by atoms with Crippen LogP contribution in [-0.4, -0.2) is 22.8 Å². The number of hydrogen-bond acceptors (Lipinski definition) is 5. The summed E-state index contributed by atoms with van der Waals surface area (Å²) in [5.41, 5.74) is 0.384. The Hall–Kier alpha value is -2.48. The molecule has 5 heteroatoms. The van der Waals surface area contributed by atoms with Gasteiger partial charge in [0.05, 0.1) is 12.2 Å². The number of phenolic OH excluding ortho intramolecular Hbond substituents is 2. The molecule has 0 saturated heterocycles. The van der Waals surface area contributed by atoms with Crippen molar-refractivity contribution in [2.24, 2.45) is 0 Å². The molecule has 0 unspecified atom stereocenters. The normalized spacial score (nSPS) is 10.7. The molecule has 0 aliphatic carbocycles. The molecule has 0 aromatic heterocycles. The topological polar surface area (TPSA) is 90.6 Å². The lowest BCUT2D eigenvalue weighted by Crippen LogP contribution is -2.00. The molecule has 0 fully saturated rings. The van der Waals surface area contributed by atoms with E-state index in [1.807, 2.05) is 6.07 Å². The second-order valence-corrected chi connectivity index (χ2v) is 3.13. The summed E-state index contributed by atoms with van der Waals surface area (Å²) >= 11 is 0. The molecular weight excluding hydrogens is 222 g/mol. The molecule has 0 bridgehead atoms. The van der Waals surface area contributed by atoms with Gasteiger partial charge in [0, 0.05) is 6.08 Å². The Kier molecular flexibility index (Phi) is 4.12. The number of benzene rings is 1. The van der Waals surface area contributed by atoms with E-state index in [0.29, 0.717) is 5.56 Å². The van der Waals surface area contributed by atoms with E-state index in [-0.39, 0.29) is 23.7 Å². The van der Waals surface area contributed by atoms with E-state index in [0.717, 1.165) is 6.08 Å². The van der Waals surface area contributed by atoms with E-state index in [2.05, 4.69) is 4.74 Å². The van der Waals surface area contributed by atoms with Gasteiger partial charge in [0.1, 0.15) is 6.07 Å². The molecule has 0 amide bonds. The number of carbonyl (C=O) groups excluding carboxylic acids is 1. The first-order valence-electron chi connectivity index (χ1n) is 4.89. The van der Waals surface area contributed by atoms with Crippen LogP contribution in [0, 0.1) is 11.3 Å². The van der Waals surface area contributed by atoms with Gasteiger partial charge in [0.25, 0.3) is 0 Å². The predicted octanol–water partition coefficient (Wildman–Crippen LogP) is 1.57. The Morgan fingerprint density at radius 1 is 1.47 bits per heavy atom. The van der Waals surface area contributed by atoms with E-state index in [1.54, 1.807) is 6.92 Å². The van der Waals surface area contributed by atoms with Gasteiger partial charge in [-0.15, -0.1) is 0 Å². The van der Waals surface area contributed by atoms with Crippen molar-refractivity contribution in [3.8, 4) is 17.6 Å². The molecule has 1 rings (SSSR count). The minimum Gasteiger partial charge on any atom is -0.504 e. The van der Waals surface area contributed by atoms with Crippen molar-refractivity contribution in [2.45, 2.75) is 6.92 Å². The van der Waals surface area contributed by atoms with E-state index in [1.165, 1.54) is 18.2 Å². The van der Waals surface area contributed by atoms with Crippen molar-refractivity contribution in [2.75, 3.05) is 6.61 Å². The average Bonchev–Trinajstić information content (AvgIpc) is 2.30. The van der Waals surface area contributed by atoms with Gasteiger partial charge in [-0.2, -0.15) is 5.26 Å². The number of nitriles is 1. The SMILES string of the molecule is CCOC(=O)C=C(C#N)c1ccc(O)c(O)c1. The number of nitrogens with zero attached hydrogens (tertiary/aromatic N) is 1. The maximum absolute atomic E-state index is 11.2. The van der Waals surface area contributed by atoms with E-state index in [4.69, 9.17) is 10.4 Å². The molecule has 1 aromatic carbocycles. The molecule has 17 heavy (non-hydrogen) atoms. The zero-order valence-corrected chi connectivity index (χ0v) is 9.17. The summed E-state index contributed by atoms with van der Waals surface area (Å²) in [5, 5.41) is 27.3. The van der Waals surface area contributed by atoms with E-state index in [9.17, 15) is 9.90 Å². The van der Waals surface area contributed by atoms with Gasteiger partial charge in [0.15, 0.2) is 11.5 Å². The fourth-order valence-corrected chi connectivity index (χ4v) is 1.17. The lowest BCUT2D eigenvalue weighted by molar-refractivity contribution is -0.137. The maximum Gasteiger partial charge on any atom is 0.332 e. The van der Waals surface area contributed by atoms with Crippen molar-refractivity contribution < 1.29 is 19.7 Å². The first-order chi connectivity index (χ1) is 8.08. The molecule has 0 aliphatic rings. The fraction of sp³-hybridized carbons (Fsp3) is 0.167. The van der Waals surface area contributed by atoms with Crippen LogP contribution in [0.25, 0.3) is 5.57 Å². The van der Waals surface area contributed by atoms with Crippen LogP contribution in [0.2, 0.25) is 0 Å². The van der Waals surface area contributed by atoms with Gasteiger partial charge in [-0.3, -0.25) is 0 Å². The number of esters is 1. The zero-order valence-electron chi connectivity index (χ0n) is 9.17. The van der Waals surface area contributed by atoms with Gasteiger partial charge < -0.3 is 14.9 Å². The molecule has 0 atom stereocenters. The van der Waals surface area contributed by atoms with Crippen LogP contribution in [0.3, 0.4) is 0 Å². The fourth-order valence-electron chi connectivity index (χ4n) is 1.17. The Labute approximate surface area is 98.2 Å². The molecule has 0 heterocycles. The zero-order chi connectivity index (χ0) is 12.8. The highest BCUT2D eigenvalue weighted by atomic mass is 16.5. The third kappa shape index (κ3) is 3.24. The summed E-state index contributed by atoms with van der Waals surface area (Å²) in [7, 11) is 0. The second-order valence-electron chi connectivity index (χ2n) is 3.13. The van der Waals surface area contributed by atoms with Gasteiger partial charge in [-0.1, -0.05) is 0 Å². The molecule has 88 valence electrons. The minimum absolute atomic E-state index is 0.0544. The molecule has 1 aromatic rings. The molecule has 0 aliphatic heterocycles. The van der Waals surface area contributed by atoms with Crippen LogP contribution in [0.15, 0.2) is 24.3 Å². The monoisotopic (exact) mass is 233 g/mol. The number of allylic oxidation sites excluding steroid dienone is 1. The third-order valence-electron chi connectivity index (χ3n) is 1.96. The van der Waals surface area contributed by atoms with Crippen LogP contribution in [0.1, 0.15) is 12.5 Å². The van der Waals surface area contributed by atoms with Crippen LogP contribution in [0.5, 0.6) is 11.5 Å². The third-order valence-corrected chi connectivity index (χ3v) is 1.96. The summed E-state index contributed by atoms with van der Waals surface area (Å²) in [6, 6.07) is 5.68. The lowest BCUT2D eigenvalue weighted by Gasteiger charge is -2.02. The van der Waals surface area contributed by atoms with Crippen molar-refractivity contribution in [1.82, 2.24) is 0 Å². The van der Waals surface area contributed by atoms with Gasteiger partial charge >= 0.3 is 5.97 Å². The smallest absolute Gasteiger partial charge is 0.332 e. The highest BCUT2D eigenvalue weighted by Crippen LogP contribution is 2.27. The Morgan fingerprint density at radius 3 is 2.71 bits per heavy atom. The Morgan fingerprint density at radius 2 is 2.18 bits per heavy atom. The summed E-state index contributed by atoms with van der Waals surface area (Å²) in [6.07, 6.45) is 1.04. The standard InChI is InChI=1S/C12H11NO4/c1-2-17-12(16)6-9(7-13)8-3-4-10(14)11(15)5-8/h3-6,14-15H,2H2,1H3. The highest BCUT2D eigenvalue weighted by Gasteiger charge is 2.07. The van der Waals surface area contributed by atoms with E-state index >= 15 is 0 Å². The Bertz CT molecular complexity index is 500. The molecule has 2 N–H and O–H groups in total. The predicted molar refractivity (Wildman–Crippen MR) is 60.0 cm³/mol. The van der Waals surface area contributed by atoms with Crippen molar-refractivity contribution in [3.05, 3.63) is 29.8 Å².